The van der Waals surface area contributed by atoms with Crippen LogP contribution in [0.2, 0.25) is 0 Å². The van der Waals surface area contributed by atoms with Gasteiger partial charge in [-0.2, -0.15) is 0 Å². The Kier molecular flexibility index (Phi) is 7.75. The Morgan fingerprint density at radius 2 is 1.65 bits per heavy atom. The average Bonchev–Trinajstić information content (AvgIpc) is 3.44. The van der Waals surface area contributed by atoms with Gasteiger partial charge in [0.15, 0.2) is 0 Å². The number of benzene rings is 2. The SMILES string of the molecule is CN1C(=O)c2ccccc2C12CCN(C(=O)[C@@H](Cc1c[nH]c3ccccc13)NC(=O)C(C)(C)NC(=O)OC(C)(C)C)CC2. The molecule has 3 N–H and O–H groups in total. The van der Waals surface area contributed by atoms with Gasteiger partial charge in [0.1, 0.15) is 17.2 Å². The highest BCUT2D eigenvalue weighted by Gasteiger charge is 2.50. The summed E-state index contributed by atoms with van der Waals surface area (Å²) in [5.74, 6) is -0.707. The number of amides is 4. The number of carbonyl (C=O) groups excluding carboxylic acids is 4. The molecule has 4 amide bonds. The largest absolute Gasteiger partial charge is 0.444 e. The lowest BCUT2D eigenvalue weighted by Gasteiger charge is -2.44. The third-order valence-electron chi connectivity index (χ3n) is 8.59. The molecular formula is C33H41N5O5. The second kappa shape index (κ2) is 11.1. The molecule has 0 radical (unpaired) electrons. The molecule has 2 aliphatic rings. The van der Waals surface area contributed by atoms with Gasteiger partial charge in [0.05, 0.1) is 5.54 Å². The summed E-state index contributed by atoms with van der Waals surface area (Å²) in [6.45, 7) is 9.26. The zero-order chi connectivity index (χ0) is 31.2. The number of H-pyrrole nitrogens is 1. The molecule has 0 aliphatic carbocycles. The predicted octanol–water partition coefficient (Wildman–Crippen LogP) is 4.10. The van der Waals surface area contributed by atoms with Gasteiger partial charge in [-0.05, 0) is 70.7 Å². The van der Waals surface area contributed by atoms with E-state index in [0.717, 1.165) is 22.0 Å². The quantitative estimate of drug-likeness (QED) is 0.401. The van der Waals surface area contributed by atoms with E-state index in [1.807, 2.05) is 66.7 Å². The molecule has 0 unspecified atom stereocenters. The van der Waals surface area contributed by atoms with Crippen molar-refractivity contribution in [2.45, 2.75) is 76.6 Å². The summed E-state index contributed by atoms with van der Waals surface area (Å²) >= 11 is 0. The summed E-state index contributed by atoms with van der Waals surface area (Å²) in [5.41, 5.74) is 1.03. The first-order valence-electron chi connectivity index (χ1n) is 14.8. The number of nitrogens with zero attached hydrogens (tertiary/aromatic N) is 2. The number of nitrogens with one attached hydrogen (secondary N) is 3. The van der Waals surface area contributed by atoms with E-state index < -0.39 is 34.7 Å². The molecule has 1 atom stereocenters. The Morgan fingerprint density at radius 1 is 1.00 bits per heavy atom. The van der Waals surface area contributed by atoms with Gasteiger partial charge in [-0.15, -0.1) is 0 Å². The van der Waals surface area contributed by atoms with Crippen molar-refractivity contribution >= 4 is 34.7 Å². The lowest BCUT2D eigenvalue weighted by Crippen LogP contribution is -2.61. The van der Waals surface area contributed by atoms with Crippen molar-refractivity contribution in [3.8, 4) is 0 Å². The first kappa shape index (κ1) is 30.1. The van der Waals surface area contributed by atoms with E-state index >= 15 is 0 Å². The number of likely N-dealkylation sites (tertiary alicyclic amines) is 1. The van der Waals surface area contributed by atoms with E-state index in [1.54, 1.807) is 39.5 Å². The second-order valence-corrected chi connectivity index (χ2v) is 13.1. The van der Waals surface area contributed by atoms with Gasteiger partial charge in [-0.1, -0.05) is 36.4 Å². The number of fused-ring (bicyclic) bond motifs is 3. The molecule has 2 aliphatic heterocycles. The Balaban J connectivity index is 1.36. The molecule has 3 heterocycles. The van der Waals surface area contributed by atoms with E-state index in [0.29, 0.717) is 31.5 Å². The summed E-state index contributed by atoms with van der Waals surface area (Å²) in [7, 11) is 1.83. The molecule has 2 aromatic carbocycles. The minimum atomic E-state index is -1.34. The molecule has 43 heavy (non-hydrogen) atoms. The first-order chi connectivity index (χ1) is 20.2. The fraction of sp³-hybridized carbons (Fsp3) is 0.455. The second-order valence-electron chi connectivity index (χ2n) is 13.1. The lowest BCUT2D eigenvalue weighted by molar-refractivity contribution is -0.139. The Bertz CT molecular complexity index is 1560. The summed E-state index contributed by atoms with van der Waals surface area (Å²) < 4.78 is 5.35. The van der Waals surface area contributed by atoms with Gasteiger partial charge in [0, 0.05) is 49.2 Å². The van der Waals surface area contributed by atoms with Crippen molar-refractivity contribution in [3.63, 3.8) is 0 Å². The molecule has 10 heteroatoms. The molecule has 3 aromatic rings. The topological polar surface area (TPSA) is 124 Å². The maximum absolute atomic E-state index is 14.1. The highest BCUT2D eigenvalue weighted by Crippen LogP contribution is 2.45. The third kappa shape index (κ3) is 5.83. The third-order valence-corrected chi connectivity index (χ3v) is 8.59. The minimum absolute atomic E-state index is 0.000397. The van der Waals surface area contributed by atoms with Crippen LogP contribution >= 0.6 is 0 Å². The van der Waals surface area contributed by atoms with Crippen LogP contribution in [-0.2, 0) is 26.3 Å². The molecule has 1 fully saturated rings. The van der Waals surface area contributed by atoms with Crippen LogP contribution in [0.25, 0.3) is 10.9 Å². The van der Waals surface area contributed by atoms with Gasteiger partial charge in [-0.3, -0.25) is 14.4 Å². The molecule has 5 rings (SSSR count). The number of piperidine rings is 1. The van der Waals surface area contributed by atoms with Crippen LogP contribution < -0.4 is 10.6 Å². The van der Waals surface area contributed by atoms with Crippen molar-refractivity contribution in [2.75, 3.05) is 20.1 Å². The van der Waals surface area contributed by atoms with Crippen molar-refractivity contribution in [3.05, 3.63) is 71.4 Å². The molecule has 0 saturated carbocycles. The first-order valence-corrected chi connectivity index (χ1v) is 14.8. The number of ether oxygens (including phenoxy) is 1. The average molecular weight is 588 g/mol. The van der Waals surface area contributed by atoms with Crippen LogP contribution in [0.3, 0.4) is 0 Å². The van der Waals surface area contributed by atoms with Crippen molar-refractivity contribution in [2.24, 2.45) is 0 Å². The number of hydrogen-bond acceptors (Lipinski definition) is 5. The molecule has 0 bridgehead atoms. The van der Waals surface area contributed by atoms with Crippen molar-refractivity contribution in [1.82, 2.24) is 25.4 Å². The van der Waals surface area contributed by atoms with Gasteiger partial charge < -0.3 is 30.2 Å². The van der Waals surface area contributed by atoms with Crippen LogP contribution in [-0.4, -0.2) is 75.9 Å². The fourth-order valence-corrected chi connectivity index (χ4v) is 6.23. The maximum atomic E-state index is 14.1. The molecule has 1 spiro atoms. The Hall–Kier alpha value is -4.34. The number of alkyl carbamates (subject to hydrolysis) is 1. The molecule has 1 saturated heterocycles. The zero-order valence-corrected chi connectivity index (χ0v) is 25.7. The molecular weight excluding hydrogens is 546 g/mol. The van der Waals surface area contributed by atoms with Crippen LogP contribution in [0, 0.1) is 0 Å². The predicted molar refractivity (Wildman–Crippen MR) is 163 cm³/mol. The van der Waals surface area contributed by atoms with Gasteiger partial charge in [-0.25, -0.2) is 4.79 Å². The number of aromatic nitrogens is 1. The maximum Gasteiger partial charge on any atom is 0.408 e. The standard InChI is InChI=1S/C33H41N5O5/c1-31(2,3)43-30(42)36-32(4,5)29(41)35-26(19-21-20-34-25-14-10-8-11-22(21)25)28(40)38-17-15-33(16-18-38)24-13-9-7-12-23(24)27(39)37(33)6/h7-14,20,26,34H,15-19H2,1-6H3,(H,35,41)(H,36,42)/t26-/m1/s1. The molecule has 228 valence electrons. The van der Waals surface area contributed by atoms with E-state index in [2.05, 4.69) is 15.6 Å². The van der Waals surface area contributed by atoms with E-state index in [-0.39, 0.29) is 18.2 Å². The monoisotopic (exact) mass is 587 g/mol. The number of aromatic amines is 1. The van der Waals surface area contributed by atoms with Crippen LogP contribution in [0.15, 0.2) is 54.7 Å². The Morgan fingerprint density at radius 3 is 2.35 bits per heavy atom. The summed E-state index contributed by atoms with van der Waals surface area (Å²) in [6.07, 6.45) is 2.60. The van der Waals surface area contributed by atoms with Crippen LogP contribution in [0.5, 0.6) is 0 Å². The highest BCUT2D eigenvalue weighted by molar-refractivity contribution is 6.00. The van der Waals surface area contributed by atoms with E-state index in [9.17, 15) is 19.2 Å². The lowest BCUT2D eigenvalue weighted by atomic mass is 9.80. The molecule has 10 nitrogen and oxygen atoms in total. The van der Waals surface area contributed by atoms with E-state index in [1.165, 1.54) is 0 Å². The zero-order valence-electron chi connectivity index (χ0n) is 25.7. The van der Waals surface area contributed by atoms with Crippen molar-refractivity contribution < 1.29 is 23.9 Å². The fourth-order valence-electron chi connectivity index (χ4n) is 6.23. The van der Waals surface area contributed by atoms with Crippen molar-refractivity contribution in [1.29, 1.82) is 0 Å². The van der Waals surface area contributed by atoms with Crippen LogP contribution in [0.4, 0.5) is 4.79 Å². The summed E-state index contributed by atoms with van der Waals surface area (Å²) in [6, 6.07) is 14.6. The summed E-state index contributed by atoms with van der Waals surface area (Å²) in [5, 5.41) is 6.55. The smallest absolute Gasteiger partial charge is 0.408 e. The van der Waals surface area contributed by atoms with E-state index in [4.69, 9.17) is 4.74 Å². The normalized spacial score (nSPS) is 17.1. The minimum Gasteiger partial charge on any atom is -0.444 e. The number of hydrogen-bond donors (Lipinski definition) is 3. The highest BCUT2D eigenvalue weighted by atomic mass is 16.6. The Labute approximate surface area is 252 Å². The van der Waals surface area contributed by atoms with Gasteiger partial charge in [0.25, 0.3) is 5.91 Å². The number of rotatable bonds is 6. The van der Waals surface area contributed by atoms with Gasteiger partial charge >= 0.3 is 6.09 Å². The number of carbonyl (C=O) groups is 4. The van der Waals surface area contributed by atoms with Crippen LogP contribution in [0.1, 0.15) is 68.9 Å². The molecule has 1 aromatic heterocycles. The number of para-hydroxylation sites is 1. The van der Waals surface area contributed by atoms with Gasteiger partial charge in [0.2, 0.25) is 11.8 Å². The summed E-state index contributed by atoms with van der Waals surface area (Å²) in [4.78, 5) is 60.0.